The quantitative estimate of drug-likeness (QED) is 0.385. The number of hydrogen-bond acceptors (Lipinski definition) is 2. The van der Waals surface area contributed by atoms with Crippen LogP contribution in [0.5, 0.6) is 0 Å². The Morgan fingerprint density at radius 2 is 1.89 bits per heavy atom. The zero-order valence-electron chi connectivity index (χ0n) is 12.6. The summed E-state index contributed by atoms with van der Waals surface area (Å²) >= 11 is 0. The van der Waals surface area contributed by atoms with E-state index >= 15 is 0 Å². The molecule has 0 amide bonds. The molecule has 1 aliphatic carbocycles. The molecule has 2 unspecified atom stereocenters. The molecule has 2 heteroatoms. The van der Waals surface area contributed by atoms with Crippen LogP contribution in [0.2, 0.25) is 0 Å². The Morgan fingerprint density at radius 3 is 2.47 bits per heavy atom. The van der Waals surface area contributed by atoms with Crippen molar-refractivity contribution in [3.05, 3.63) is 12.2 Å². The van der Waals surface area contributed by atoms with Gasteiger partial charge in [-0.05, 0) is 63.5 Å². The lowest BCUT2D eigenvalue weighted by Crippen LogP contribution is -2.17. The summed E-state index contributed by atoms with van der Waals surface area (Å²) in [5.41, 5.74) is 0. The first-order valence-corrected chi connectivity index (χ1v) is 7.88. The van der Waals surface area contributed by atoms with E-state index in [9.17, 15) is 0 Å². The molecule has 1 fully saturated rings. The van der Waals surface area contributed by atoms with Gasteiger partial charge in [-0.2, -0.15) is 0 Å². The van der Waals surface area contributed by atoms with Gasteiger partial charge in [0.2, 0.25) is 0 Å². The van der Waals surface area contributed by atoms with Crippen molar-refractivity contribution in [2.75, 3.05) is 0 Å². The molecule has 3 atom stereocenters. The third kappa shape index (κ3) is 5.30. The SMILES string of the molecule is C=NC1CCC(C/C=C\C(CC)CC)CC[C@@H]1C=N. The maximum absolute atomic E-state index is 7.51. The molecule has 0 aliphatic heterocycles. The van der Waals surface area contributed by atoms with Crippen LogP contribution in [-0.2, 0) is 0 Å². The zero-order chi connectivity index (χ0) is 14.1. The third-order valence-corrected chi connectivity index (χ3v) is 4.65. The molecule has 0 aromatic rings. The van der Waals surface area contributed by atoms with Crippen molar-refractivity contribution < 1.29 is 0 Å². The summed E-state index contributed by atoms with van der Waals surface area (Å²) in [5.74, 6) is 1.85. The smallest absolute Gasteiger partial charge is 0.0569 e. The lowest BCUT2D eigenvalue weighted by Gasteiger charge is -2.15. The van der Waals surface area contributed by atoms with Crippen LogP contribution in [0.3, 0.4) is 0 Å². The number of aliphatic imine (C=N–C) groups is 1. The van der Waals surface area contributed by atoms with E-state index in [0.717, 1.165) is 24.7 Å². The Hall–Kier alpha value is -0.920. The average molecular weight is 262 g/mol. The van der Waals surface area contributed by atoms with E-state index in [4.69, 9.17) is 5.41 Å². The van der Waals surface area contributed by atoms with E-state index in [-0.39, 0.29) is 6.04 Å². The first-order chi connectivity index (χ1) is 9.24. The topological polar surface area (TPSA) is 36.2 Å². The van der Waals surface area contributed by atoms with Crippen molar-refractivity contribution in [1.82, 2.24) is 0 Å². The fraction of sp³-hybridized carbons (Fsp3) is 0.765. The fourth-order valence-corrected chi connectivity index (χ4v) is 3.07. The molecule has 19 heavy (non-hydrogen) atoms. The van der Waals surface area contributed by atoms with Crippen LogP contribution in [0.25, 0.3) is 0 Å². The van der Waals surface area contributed by atoms with E-state index < -0.39 is 0 Å². The van der Waals surface area contributed by atoms with Crippen molar-refractivity contribution in [2.24, 2.45) is 22.7 Å². The van der Waals surface area contributed by atoms with Gasteiger partial charge in [-0.25, -0.2) is 0 Å². The molecule has 0 aromatic carbocycles. The van der Waals surface area contributed by atoms with Crippen LogP contribution in [0.15, 0.2) is 17.1 Å². The molecular formula is C17H30N2. The van der Waals surface area contributed by atoms with Crippen molar-refractivity contribution >= 4 is 12.9 Å². The van der Waals surface area contributed by atoms with E-state index in [0.29, 0.717) is 5.92 Å². The average Bonchev–Trinajstić information content (AvgIpc) is 2.65. The molecule has 1 aliphatic rings. The van der Waals surface area contributed by atoms with Gasteiger partial charge in [0.25, 0.3) is 0 Å². The molecule has 0 spiro atoms. The number of hydrogen-bond donors (Lipinski definition) is 1. The summed E-state index contributed by atoms with van der Waals surface area (Å²) in [5, 5.41) is 7.51. The van der Waals surface area contributed by atoms with Gasteiger partial charge in [0.1, 0.15) is 0 Å². The van der Waals surface area contributed by atoms with E-state index in [1.165, 1.54) is 32.1 Å². The Balaban J connectivity index is 2.44. The lowest BCUT2D eigenvalue weighted by molar-refractivity contribution is 0.459. The van der Waals surface area contributed by atoms with Gasteiger partial charge in [-0.3, -0.25) is 4.99 Å². The minimum Gasteiger partial charge on any atom is -0.313 e. The molecule has 108 valence electrons. The van der Waals surface area contributed by atoms with Crippen LogP contribution in [0.4, 0.5) is 0 Å². The second-order valence-corrected chi connectivity index (χ2v) is 5.84. The Bertz CT molecular complexity index is 274. The number of nitrogens with zero attached hydrogens (tertiary/aromatic N) is 1. The molecule has 2 nitrogen and oxygen atoms in total. The largest absolute Gasteiger partial charge is 0.313 e. The third-order valence-electron chi connectivity index (χ3n) is 4.65. The molecule has 0 heterocycles. The van der Waals surface area contributed by atoms with Crippen molar-refractivity contribution in [3.8, 4) is 0 Å². The fourth-order valence-electron chi connectivity index (χ4n) is 3.07. The van der Waals surface area contributed by atoms with Crippen LogP contribution in [-0.4, -0.2) is 19.0 Å². The molecule has 0 bridgehead atoms. The van der Waals surface area contributed by atoms with Gasteiger partial charge < -0.3 is 5.41 Å². The van der Waals surface area contributed by atoms with Crippen LogP contribution < -0.4 is 0 Å². The molecule has 0 radical (unpaired) electrons. The van der Waals surface area contributed by atoms with Crippen LogP contribution in [0.1, 0.15) is 58.8 Å². The van der Waals surface area contributed by atoms with Gasteiger partial charge in [0, 0.05) is 12.1 Å². The zero-order valence-corrected chi connectivity index (χ0v) is 12.6. The molecule has 1 N–H and O–H groups in total. The summed E-state index contributed by atoms with van der Waals surface area (Å²) in [6.45, 7) is 8.22. The molecule has 0 saturated heterocycles. The number of allylic oxidation sites excluding steroid dienone is 2. The van der Waals surface area contributed by atoms with Gasteiger partial charge in [-0.1, -0.05) is 26.0 Å². The summed E-state index contributed by atoms with van der Waals surface area (Å²) < 4.78 is 0. The molecule has 1 rings (SSSR count). The molecular weight excluding hydrogens is 232 g/mol. The lowest BCUT2D eigenvalue weighted by atomic mass is 9.94. The predicted octanol–water partition coefficient (Wildman–Crippen LogP) is 4.89. The van der Waals surface area contributed by atoms with Gasteiger partial charge >= 0.3 is 0 Å². The van der Waals surface area contributed by atoms with Gasteiger partial charge in [-0.15, -0.1) is 0 Å². The highest BCUT2D eigenvalue weighted by Gasteiger charge is 2.24. The summed E-state index contributed by atoms with van der Waals surface area (Å²) in [6, 6.07) is 0.283. The maximum Gasteiger partial charge on any atom is 0.0569 e. The van der Waals surface area contributed by atoms with Crippen LogP contribution in [0, 0.1) is 23.2 Å². The van der Waals surface area contributed by atoms with Crippen molar-refractivity contribution in [2.45, 2.75) is 64.8 Å². The molecule has 1 saturated carbocycles. The second-order valence-electron chi connectivity index (χ2n) is 5.84. The first kappa shape index (κ1) is 16.1. The Labute approximate surface area is 118 Å². The van der Waals surface area contributed by atoms with Gasteiger partial charge in [0.05, 0.1) is 6.04 Å². The van der Waals surface area contributed by atoms with Gasteiger partial charge in [0.15, 0.2) is 0 Å². The number of rotatable bonds is 7. The Morgan fingerprint density at radius 1 is 1.21 bits per heavy atom. The predicted molar refractivity (Wildman–Crippen MR) is 85.4 cm³/mol. The minimum atomic E-state index is 0.283. The van der Waals surface area contributed by atoms with Crippen LogP contribution >= 0.6 is 0 Å². The standard InChI is InChI=1S/C17H30N2/c1-4-14(5-2)7-6-8-15-9-11-16(13-18)17(19-3)12-10-15/h6-7,13-18H,3-5,8-12H2,1-2H3/b7-6-,18-13?/t15?,16-,17?/m1/s1. The maximum atomic E-state index is 7.51. The van der Waals surface area contributed by atoms with E-state index in [1.54, 1.807) is 6.21 Å². The molecule has 0 aromatic heterocycles. The second kappa shape index (κ2) is 9.06. The van der Waals surface area contributed by atoms with Crippen molar-refractivity contribution in [3.63, 3.8) is 0 Å². The highest BCUT2D eigenvalue weighted by molar-refractivity contribution is 5.58. The minimum absolute atomic E-state index is 0.283. The van der Waals surface area contributed by atoms with E-state index in [2.05, 4.69) is 37.7 Å². The van der Waals surface area contributed by atoms with E-state index in [1.807, 2.05) is 0 Å². The number of nitrogens with one attached hydrogen (secondary N) is 1. The first-order valence-electron chi connectivity index (χ1n) is 7.88. The monoisotopic (exact) mass is 262 g/mol. The van der Waals surface area contributed by atoms with Crippen molar-refractivity contribution in [1.29, 1.82) is 5.41 Å². The highest BCUT2D eigenvalue weighted by atomic mass is 14.8. The summed E-state index contributed by atoms with van der Waals surface area (Å²) in [7, 11) is 0. The normalized spacial score (nSPS) is 28.5. The summed E-state index contributed by atoms with van der Waals surface area (Å²) in [6.07, 6.45) is 14.8. The highest BCUT2D eigenvalue weighted by Crippen LogP contribution is 2.30. The Kier molecular flexibility index (Phi) is 7.69. The summed E-state index contributed by atoms with van der Waals surface area (Å²) in [4.78, 5) is 4.21.